The highest BCUT2D eigenvalue weighted by Crippen LogP contribution is 2.63. The van der Waals surface area contributed by atoms with Crippen molar-refractivity contribution in [3.05, 3.63) is 93.8 Å². The Kier molecular flexibility index (Phi) is 7.96. The molecular formula is C38H38FNO6S. The summed E-state index contributed by atoms with van der Waals surface area (Å²) in [5.41, 5.74) is 7.32. The molecule has 3 aromatic rings. The van der Waals surface area contributed by atoms with Crippen LogP contribution in [0.3, 0.4) is 0 Å². The number of nitrogens with zero attached hydrogens (tertiary/aromatic N) is 1. The van der Waals surface area contributed by atoms with Gasteiger partial charge in [-0.3, -0.25) is 13.8 Å². The summed E-state index contributed by atoms with van der Waals surface area (Å²) in [6, 6.07) is 16.5. The van der Waals surface area contributed by atoms with Gasteiger partial charge in [0, 0.05) is 45.4 Å². The molecule has 1 saturated carbocycles. The monoisotopic (exact) mass is 655 g/mol. The second-order valence-corrected chi connectivity index (χ2v) is 14.6. The molecule has 0 amide bonds. The van der Waals surface area contributed by atoms with Gasteiger partial charge in [-0.25, -0.2) is 4.39 Å². The number of likely N-dealkylation sites (N-methyl/N-ethyl adjacent to an activating group) is 1. The minimum absolute atomic E-state index is 0.0933. The first-order valence-corrected chi connectivity index (χ1v) is 17.6. The summed E-state index contributed by atoms with van der Waals surface area (Å²) in [6.45, 7) is 2.90. The van der Waals surface area contributed by atoms with E-state index in [-0.39, 0.29) is 29.5 Å². The average Bonchev–Trinajstić information content (AvgIpc) is 3.52. The fourth-order valence-electron chi connectivity index (χ4n) is 8.73. The van der Waals surface area contributed by atoms with Crippen LogP contribution in [0.15, 0.2) is 65.1 Å². The van der Waals surface area contributed by atoms with E-state index >= 15 is 0 Å². The zero-order chi connectivity index (χ0) is 33.2. The number of aliphatic carboxylic acids is 1. The summed E-state index contributed by atoms with van der Waals surface area (Å²) in [6.07, 6.45) is 6.90. The highest BCUT2D eigenvalue weighted by atomic mass is 32.2. The van der Waals surface area contributed by atoms with Crippen LogP contribution in [0.4, 0.5) is 4.39 Å². The molecule has 47 heavy (non-hydrogen) atoms. The van der Waals surface area contributed by atoms with Crippen molar-refractivity contribution < 1.29 is 32.8 Å². The third-order valence-corrected chi connectivity index (χ3v) is 11.8. The fraction of sp³-hybridized carbons (Fsp3) is 0.368. The summed E-state index contributed by atoms with van der Waals surface area (Å²) in [4.78, 5) is 27.0. The standard InChI is InChI=1S/C20H17FO3S.C18H21NO3/c1-12-17(9-13-3-6-15(7-4-13)25(2)24)16-8-5-14(21)10-19(16)18(12)11-20(22)23;1-19-8-7-18-11-4-5-13(20)17(18)22-16-14(21-2)6-3-10(15(16)18)9-12(11)19/h3-10H,11H2,1-2H3,(H,22,23);3,6,11-12,17H,4-5,7-9H2,1-2H3/b17-9-;/t;11-,12+,17-,18-/m.0/s1. The molecule has 2 bridgehead atoms. The molecule has 7 nitrogen and oxygen atoms in total. The number of allylic oxidation sites excluding steroid dienone is 2. The van der Waals surface area contributed by atoms with Crippen LogP contribution >= 0.6 is 0 Å². The van der Waals surface area contributed by atoms with Gasteiger partial charge in [0.1, 0.15) is 5.82 Å². The van der Waals surface area contributed by atoms with Crippen LogP contribution in [0.1, 0.15) is 60.4 Å². The molecule has 1 unspecified atom stereocenters. The van der Waals surface area contributed by atoms with E-state index in [4.69, 9.17) is 14.6 Å². The molecule has 1 N–H and O–H groups in total. The minimum atomic E-state index is -1.04. The van der Waals surface area contributed by atoms with Crippen LogP contribution in [-0.4, -0.2) is 65.1 Å². The first kappa shape index (κ1) is 31.5. The molecule has 3 aliphatic carbocycles. The van der Waals surface area contributed by atoms with Crippen LogP contribution < -0.4 is 9.47 Å². The van der Waals surface area contributed by atoms with Crippen LogP contribution in [0.5, 0.6) is 11.5 Å². The van der Waals surface area contributed by atoms with E-state index in [9.17, 15) is 18.2 Å². The molecule has 5 aliphatic rings. The fourth-order valence-corrected chi connectivity index (χ4v) is 9.25. The lowest BCUT2D eigenvalue weighted by Gasteiger charge is -2.57. The van der Waals surface area contributed by atoms with Gasteiger partial charge in [-0.15, -0.1) is 0 Å². The molecule has 3 aromatic carbocycles. The Labute approximate surface area is 276 Å². The zero-order valence-corrected chi connectivity index (χ0v) is 27.8. The SMILES string of the molecule is CC1=C(CC(=O)O)c2cc(F)ccc2/C1=C\c1ccc(S(C)=O)cc1.COc1ccc2c3c1O[C@H]1C(=O)CC[C@H]4[C@@H](C2)N(C)CC[C@]314. The van der Waals surface area contributed by atoms with E-state index in [0.29, 0.717) is 29.5 Å². The number of carbonyl (C=O) groups is 2. The van der Waals surface area contributed by atoms with Crippen LogP contribution in [0.2, 0.25) is 0 Å². The molecule has 0 aromatic heterocycles. The summed E-state index contributed by atoms with van der Waals surface area (Å²) in [5.74, 6) is 1.13. The maximum absolute atomic E-state index is 13.7. The second kappa shape index (κ2) is 11.9. The van der Waals surface area contributed by atoms with Crippen molar-refractivity contribution in [3.63, 3.8) is 0 Å². The van der Waals surface area contributed by atoms with Crippen LogP contribution in [-0.2, 0) is 32.2 Å². The highest BCUT2D eigenvalue weighted by molar-refractivity contribution is 7.84. The van der Waals surface area contributed by atoms with E-state index in [2.05, 4.69) is 18.0 Å². The lowest BCUT2D eigenvalue weighted by atomic mass is 9.52. The van der Waals surface area contributed by atoms with Crippen molar-refractivity contribution >= 4 is 39.8 Å². The Morgan fingerprint density at radius 2 is 1.94 bits per heavy atom. The quantitative estimate of drug-likeness (QED) is 0.345. The number of fused-ring (bicyclic) bond motifs is 1. The van der Waals surface area contributed by atoms with Crippen molar-refractivity contribution in [1.82, 2.24) is 4.90 Å². The van der Waals surface area contributed by atoms with E-state index in [1.54, 1.807) is 31.6 Å². The first-order valence-electron chi connectivity index (χ1n) is 16.0. The summed E-state index contributed by atoms with van der Waals surface area (Å²) >= 11 is 0. The van der Waals surface area contributed by atoms with Gasteiger partial charge >= 0.3 is 5.97 Å². The second-order valence-electron chi connectivity index (χ2n) is 13.2. The third kappa shape index (κ3) is 5.06. The molecule has 0 radical (unpaired) electrons. The number of piperidine rings is 1. The van der Waals surface area contributed by atoms with Gasteiger partial charge in [-0.2, -0.15) is 0 Å². The number of rotatable bonds is 5. The lowest BCUT2D eigenvalue weighted by molar-refractivity contribution is -0.138. The average molecular weight is 656 g/mol. The number of carbonyl (C=O) groups excluding carboxylic acids is 1. The van der Waals surface area contributed by atoms with E-state index in [1.807, 2.05) is 31.2 Å². The Morgan fingerprint density at radius 3 is 2.64 bits per heavy atom. The summed E-state index contributed by atoms with van der Waals surface area (Å²) in [5, 5.41) is 9.17. The summed E-state index contributed by atoms with van der Waals surface area (Å²) in [7, 11) is 2.88. The van der Waals surface area contributed by atoms with E-state index in [0.717, 1.165) is 64.5 Å². The van der Waals surface area contributed by atoms with Crippen LogP contribution in [0, 0.1) is 11.7 Å². The largest absolute Gasteiger partial charge is 0.493 e. The Bertz CT molecular complexity index is 1900. The number of ketones is 1. The van der Waals surface area contributed by atoms with Gasteiger partial charge in [0.2, 0.25) is 0 Å². The molecule has 9 heteroatoms. The maximum atomic E-state index is 13.7. The number of methoxy groups -OCH3 is 1. The predicted molar refractivity (Wildman–Crippen MR) is 179 cm³/mol. The van der Waals surface area contributed by atoms with Crippen molar-refractivity contribution in [3.8, 4) is 11.5 Å². The number of halogens is 1. The molecule has 2 aliphatic heterocycles. The molecule has 8 rings (SSSR count). The van der Waals surface area contributed by atoms with Gasteiger partial charge in [-0.05, 0) is 121 Å². The number of carboxylic acid groups (broad SMARTS) is 1. The van der Waals surface area contributed by atoms with Crippen molar-refractivity contribution in [1.29, 1.82) is 0 Å². The summed E-state index contributed by atoms with van der Waals surface area (Å²) < 4.78 is 36.9. The number of ether oxygens (including phenoxy) is 2. The van der Waals surface area contributed by atoms with Gasteiger partial charge in [-0.1, -0.05) is 24.3 Å². The van der Waals surface area contributed by atoms with Crippen molar-refractivity contribution in [2.24, 2.45) is 5.92 Å². The predicted octanol–water partition coefficient (Wildman–Crippen LogP) is 6.30. The molecule has 244 valence electrons. The van der Waals surface area contributed by atoms with Crippen molar-refractivity contribution in [2.75, 3.05) is 27.0 Å². The number of likely N-dealkylation sites (tertiary alicyclic amines) is 1. The number of hydrogen-bond acceptors (Lipinski definition) is 6. The normalized spacial score (nSPS) is 26.6. The number of carboxylic acids is 1. The molecule has 2 heterocycles. The number of benzene rings is 3. The van der Waals surface area contributed by atoms with Gasteiger partial charge in [0.25, 0.3) is 0 Å². The molecule has 2 fully saturated rings. The molecular weight excluding hydrogens is 617 g/mol. The van der Waals surface area contributed by atoms with E-state index < -0.39 is 16.8 Å². The first-order chi connectivity index (χ1) is 22.5. The molecule has 1 saturated heterocycles. The van der Waals surface area contributed by atoms with E-state index in [1.165, 1.54) is 23.3 Å². The molecule has 1 spiro atoms. The smallest absolute Gasteiger partial charge is 0.307 e. The maximum Gasteiger partial charge on any atom is 0.307 e. The van der Waals surface area contributed by atoms with Gasteiger partial charge in [0.05, 0.1) is 13.5 Å². The van der Waals surface area contributed by atoms with Crippen LogP contribution in [0.25, 0.3) is 17.2 Å². The number of hydrogen-bond donors (Lipinski definition) is 1. The minimum Gasteiger partial charge on any atom is -0.493 e. The lowest BCUT2D eigenvalue weighted by Crippen LogP contribution is -2.65. The third-order valence-electron chi connectivity index (χ3n) is 10.9. The Morgan fingerprint density at radius 1 is 1.17 bits per heavy atom. The molecule has 5 atom stereocenters. The zero-order valence-electron chi connectivity index (χ0n) is 27.0. The van der Waals surface area contributed by atoms with Gasteiger partial charge in [0.15, 0.2) is 23.4 Å². The van der Waals surface area contributed by atoms with Gasteiger partial charge < -0.3 is 19.5 Å². The van der Waals surface area contributed by atoms with Crippen molar-refractivity contribution in [2.45, 2.75) is 61.5 Å². The number of Topliss-reactive ketones (excluding diaryl/α,β-unsaturated/α-hetero) is 1. The highest BCUT2D eigenvalue weighted by Gasteiger charge is 2.65. The Balaban J connectivity index is 0.000000150. The topological polar surface area (TPSA) is 93.1 Å². The Hall–Kier alpha value is -4.08.